The van der Waals surface area contributed by atoms with E-state index in [1.54, 1.807) is 0 Å². The average Bonchev–Trinajstić information content (AvgIpc) is 2.31. The standard InChI is InChI=1S/C13H28N2O/c1-3-14-9-5-6-10-15-11-7-13(8-12-15)16-4-2/h13-14H,3-12H2,1-2H3. The van der Waals surface area contributed by atoms with Gasteiger partial charge in [0.1, 0.15) is 0 Å². The van der Waals surface area contributed by atoms with Crippen molar-refractivity contribution in [1.29, 1.82) is 0 Å². The largest absolute Gasteiger partial charge is 0.378 e. The molecule has 1 fully saturated rings. The summed E-state index contributed by atoms with van der Waals surface area (Å²) in [6.07, 6.45) is 5.61. The predicted molar refractivity (Wildman–Crippen MR) is 68.9 cm³/mol. The van der Waals surface area contributed by atoms with Crippen LogP contribution >= 0.6 is 0 Å². The van der Waals surface area contributed by atoms with E-state index in [-0.39, 0.29) is 0 Å². The fraction of sp³-hybridized carbons (Fsp3) is 1.00. The summed E-state index contributed by atoms with van der Waals surface area (Å²) in [5, 5.41) is 3.37. The molecular weight excluding hydrogens is 200 g/mol. The Hall–Kier alpha value is -0.120. The summed E-state index contributed by atoms with van der Waals surface area (Å²) in [7, 11) is 0. The molecule has 0 radical (unpaired) electrons. The summed E-state index contributed by atoms with van der Waals surface area (Å²) in [6, 6.07) is 0. The lowest BCUT2D eigenvalue weighted by atomic mass is 10.1. The summed E-state index contributed by atoms with van der Waals surface area (Å²) >= 11 is 0. The Balaban J connectivity index is 1.95. The molecule has 3 heteroatoms. The van der Waals surface area contributed by atoms with E-state index in [0.29, 0.717) is 6.10 Å². The van der Waals surface area contributed by atoms with Crippen LogP contribution < -0.4 is 5.32 Å². The maximum absolute atomic E-state index is 5.65. The number of ether oxygens (including phenoxy) is 1. The van der Waals surface area contributed by atoms with Crippen LogP contribution in [0.15, 0.2) is 0 Å². The van der Waals surface area contributed by atoms with Gasteiger partial charge < -0.3 is 15.0 Å². The summed E-state index contributed by atoms with van der Waals surface area (Å²) in [5.41, 5.74) is 0. The number of unbranched alkanes of at least 4 members (excludes halogenated alkanes) is 1. The van der Waals surface area contributed by atoms with Gasteiger partial charge in [-0.15, -0.1) is 0 Å². The number of hydrogen-bond donors (Lipinski definition) is 1. The molecule has 0 aliphatic carbocycles. The van der Waals surface area contributed by atoms with Gasteiger partial charge in [-0.1, -0.05) is 6.92 Å². The van der Waals surface area contributed by atoms with Gasteiger partial charge in [-0.05, 0) is 52.2 Å². The highest BCUT2D eigenvalue weighted by Gasteiger charge is 2.18. The number of piperidine rings is 1. The van der Waals surface area contributed by atoms with Crippen molar-refractivity contribution in [2.45, 2.75) is 45.6 Å². The first-order chi connectivity index (χ1) is 7.86. The maximum atomic E-state index is 5.65. The third-order valence-corrected chi connectivity index (χ3v) is 3.26. The van der Waals surface area contributed by atoms with Gasteiger partial charge in [-0.25, -0.2) is 0 Å². The third-order valence-electron chi connectivity index (χ3n) is 3.26. The van der Waals surface area contributed by atoms with Crippen molar-refractivity contribution < 1.29 is 4.74 Å². The molecule has 1 aliphatic heterocycles. The lowest BCUT2D eigenvalue weighted by Crippen LogP contribution is -2.37. The van der Waals surface area contributed by atoms with Crippen LogP contribution in [0, 0.1) is 0 Å². The Morgan fingerprint density at radius 3 is 2.56 bits per heavy atom. The fourth-order valence-electron chi connectivity index (χ4n) is 2.30. The van der Waals surface area contributed by atoms with E-state index >= 15 is 0 Å². The second-order valence-electron chi connectivity index (χ2n) is 4.56. The quantitative estimate of drug-likeness (QED) is 0.642. The van der Waals surface area contributed by atoms with Crippen molar-refractivity contribution in [2.24, 2.45) is 0 Å². The van der Waals surface area contributed by atoms with Crippen LogP contribution in [0.2, 0.25) is 0 Å². The van der Waals surface area contributed by atoms with Gasteiger partial charge in [-0.3, -0.25) is 0 Å². The molecule has 1 N–H and O–H groups in total. The van der Waals surface area contributed by atoms with Crippen LogP contribution in [-0.2, 0) is 4.74 Å². The van der Waals surface area contributed by atoms with Gasteiger partial charge >= 0.3 is 0 Å². The molecule has 0 aromatic heterocycles. The van der Waals surface area contributed by atoms with Crippen LogP contribution in [0.5, 0.6) is 0 Å². The maximum Gasteiger partial charge on any atom is 0.0599 e. The Morgan fingerprint density at radius 2 is 1.94 bits per heavy atom. The lowest BCUT2D eigenvalue weighted by Gasteiger charge is -2.31. The van der Waals surface area contributed by atoms with Gasteiger partial charge in [0, 0.05) is 19.7 Å². The van der Waals surface area contributed by atoms with E-state index in [1.165, 1.54) is 51.9 Å². The smallest absolute Gasteiger partial charge is 0.0599 e. The number of nitrogens with one attached hydrogen (secondary N) is 1. The molecule has 1 rings (SSSR count). The van der Waals surface area contributed by atoms with E-state index in [0.717, 1.165) is 13.2 Å². The zero-order chi connectivity index (χ0) is 11.6. The fourth-order valence-corrected chi connectivity index (χ4v) is 2.30. The van der Waals surface area contributed by atoms with Crippen molar-refractivity contribution in [3.8, 4) is 0 Å². The van der Waals surface area contributed by atoms with Gasteiger partial charge in [-0.2, -0.15) is 0 Å². The zero-order valence-electron chi connectivity index (χ0n) is 11.0. The van der Waals surface area contributed by atoms with Crippen molar-refractivity contribution >= 4 is 0 Å². The van der Waals surface area contributed by atoms with Crippen LogP contribution in [0.1, 0.15) is 39.5 Å². The monoisotopic (exact) mass is 228 g/mol. The molecule has 0 spiro atoms. The second kappa shape index (κ2) is 8.97. The van der Waals surface area contributed by atoms with E-state index < -0.39 is 0 Å². The minimum Gasteiger partial charge on any atom is -0.378 e. The van der Waals surface area contributed by atoms with E-state index in [4.69, 9.17) is 4.74 Å². The molecule has 1 saturated heterocycles. The normalized spacial score (nSPS) is 19.1. The van der Waals surface area contributed by atoms with Crippen molar-refractivity contribution in [1.82, 2.24) is 10.2 Å². The second-order valence-corrected chi connectivity index (χ2v) is 4.56. The van der Waals surface area contributed by atoms with Gasteiger partial charge in [0.15, 0.2) is 0 Å². The topological polar surface area (TPSA) is 24.5 Å². The molecule has 96 valence electrons. The number of likely N-dealkylation sites (tertiary alicyclic amines) is 1. The first kappa shape index (κ1) is 13.9. The van der Waals surface area contributed by atoms with Crippen molar-refractivity contribution in [3.05, 3.63) is 0 Å². The highest BCUT2D eigenvalue weighted by Crippen LogP contribution is 2.13. The highest BCUT2D eigenvalue weighted by molar-refractivity contribution is 4.72. The first-order valence-electron chi connectivity index (χ1n) is 6.91. The zero-order valence-corrected chi connectivity index (χ0v) is 11.0. The summed E-state index contributed by atoms with van der Waals surface area (Å²) in [4.78, 5) is 2.58. The Morgan fingerprint density at radius 1 is 1.19 bits per heavy atom. The van der Waals surface area contributed by atoms with Gasteiger partial charge in [0.05, 0.1) is 6.10 Å². The molecule has 1 aliphatic rings. The number of nitrogens with zero attached hydrogens (tertiary/aromatic N) is 1. The van der Waals surface area contributed by atoms with E-state index in [2.05, 4.69) is 24.1 Å². The molecule has 0 amide bonds. The molecule has 0 aromatic carbocycles. The summed E-state index contributed by atoms with van der Waals surface area (Å²) < 4.78 is 5.65. The molecule has 0 bridgehead atoms. The molecule has 0 unspecified atom stereocenters. The minimum absolute atomic E-state index is 0.531. The van der Waals surface area contributed by atoms with Gasteiger partial charge in [0.2, 0.25) is 0 Å². The number of hydrogen-bond acceptors (Lipinski definition) is 3. The molecule has 0 aromatic rings. The van der Waals surface area contributed by atoms with E-state index in [1.807, 2.05) is 0 Å². The van der Waals surface area contributed by atoms with Crippen LogP contribution in [0.25, 0.3) is 0 Å². The lowest BCUT2D eigenvalue weighted by molar-refractivity contribution is 0.0140. The molecule has 16 heavy (non-hydrogen) atoms. The van der Waals surface area contributed by atoms with Crippen LogP contribution in [0.3, 0.4) is 0 Å². The molecule has 0 saturated carbocycles. The van der Waals surface area contributed by atoms with Crippen molar-refractivity contribution in [3.63, 3.8) is 0 Å². The highest BCUT2D eigenvalue weighted by atomic mass is 16.5. The Bertz CT molecular complexity index is 156. The predicted octanol–water partition coefficient (Wildman–Crippen LogP) is 1.88. The minimum atomic E-state index is 0.531. The molecule has 3 nitrogen and oxygen atoms in total. The van der Waals surface area contributed by atoms with Crippen molar-refractivity contribution in [2.75, 3.05) is 39.3 Å². The molecule has 1 heterocycles. The summed E-state index contributed by atoms with van der Waals surface area (Å²) in [6.45, 7) is 11.1. The first-order valence-corrected chi connectivity index (χ1v) is 6.91. The Labute approximate surface area is 101 Å². The van der Waals surface area contributed by atoms with Crippen LogP contribution in [0.4, 0.5) is 0 Å². The van der Waals surface area contributed by atoms with Crippen LogP contribution in [-0.4, -0.2) is 50.3 Å². The van der Waals surface area contributed by atoms with E-state index in [9.17, 15) is 0 Å². The molecule has 0 atom stereocenters. The summed E-state index contributed by atoms with van der Waals surface area (Å²) in [5.74, 6) is 0. The SMILES string of the molecule is CCNCCCCN1CCC(OCC)CC1. The third kappa shape index (κ3) is 5.83. The van der Waals surface area contributed by atoms with Gasteiger partial charge in [0.25, 0.3) is 0 Å². The average molecular weight is 228 g/mol. The Kier molecular flexibility index (Phi) is 7.81. The molecular formula is C13H28N2O. The number of rotatable bonds is 8.